The van der Waals surface area contributed by atoms with E-state index in [4.69, 9.17) is 9.73 Å². The second-order valence-corrected chi connectivity index (χ2v) is 11.5. The zero-order chi connectivity index (χ0) is 27.0. The lowest BCUT2D eigenvalue weighted by Gasteiger charge is -2.57. The van der Waals surface area contributed by atoms with E-state index >= 15 is 0 Å². The van der Waals surface area contributed by atoms with Crippen LogP contribution in [-0.4, -0.2) is 52.1 Å². The summed E-state index contributed by atoms with van der Waals surface area (Å²) in [7, 11) is 0. The van der Waals surface area contributed by atoms with Gasteiger partial charge < -0.3 is 20.3 Å². The van der Waals surface area contributed by atoms with Gasteiger partial charge in [-0.2, -0.15) is 0 Å². The second-order valence-electron chi connectivity index (χ2n) is 11.5. The first-order valence-corrected chi connectivity index (χ1v) is 12.0. The summed E-state index contributed by atoms with van der Waals surface area (Å²) in [5.41, 5.74) is -2.86. The second kappa shape index (κ2) is 9.63. The lowest BCUT2D eigenvalue weighted by atomic mass is 9.45. The molecule has 1 heterocycles. The fourth-order valence-electron chi connectivity index (χ4n) is 5.70. The molecule has 4 unspecified atom stereocenters. The third kappa shape index (κ3) is 4.93. The Hall–Kier alpha value is -2.90. The van der Waals surface area contributed by atoms with Gasteiger partial charge in [-0.3, -0.25) is 14.6 Å². The van der Waals surface area contributed by atoms with Gasteiger partial charge >= 0.3 is 18.0 Å². The smallest absolute Gasteiger partial charge is 0.407 e. The molecule has 0 aromatic heterocycles. The molecule has 0 spiro atoms. The summed E-state index contributed by atoms with van der Waals surface area (Å²) < 4.78 is 5.34. The topological polar surface area (TPSA) is 125 Å². The molecular formula is C27H40N2O6. The van der Waals surface area contributed by atoms with Gasteiger partial charge in [-0.25, -0.2) is 4.79 Å². The molecule has 2 rings (SSSR count). The van der Waals surface area contributed by atoms with Crippen molar-refractivity contribution < 1.29 is 29.3 Å². The molecule has 1 aromatic carbocycles. The van der Waals surface area contributed by atoms with Crippen LogP contribution in [0.25, 0.3) is 0 Å². The molecule has 0 bridgehead atoms. The maximum atomic E-state index is 13.2. The van der Waals surface area contributed by atoms with Gasteiger partial charge in [-0.05, 0) is 52.0 Å². The van der Waals surface area contributed by atoms with Crippen molar-refractivity contribution in [1.82, 2.24) is 5.32 Å². The molecular weight excluding hydrogens is 448 g/mol. The van der Waals surface area contributed by atoms with Gasteiger partial charge in [-0.15, -0.1) is 0 Å². The number of rotatable bonds is 6. The van der Waals surface area contributed by atoms with Crippen molar-refractivity contribution in [3.8, 4) is 0 Å². The summed E-state index contributed by atoms with van der Waals surface area (Å²) in [5.74, 6) is -3.21. The largest absolute Gasteiger partial charge is 0.481 e. The first-order valence-electron chi connectivity index (χ1n) is 12.0. The minimum absolute atomic E-state index is 0.103. The highest BCUT2D eigenvalue weighted by atomic mass is 16.6. The molecule has 0 saturated heterocycles. The number of carbonyl (C=O) groups excluding carboxylic acids is 1. The number of aliphatic imine (C=N–C) groups is 1. The van der Waals surface area contributed by atoms with Crippen molar-refractivity contribution >= 4 is 23.7 Å². The maximum Gasteiger partial charge on any atom is 0.407 e. The van der Waals surface area contributed by atoms with Crippen LogP contribution in [-0.2, 0) is 14.3 Å². The van der Waals surface area contributed by atoms with Crippen LogP contribution in [0.15, 0.2) is 29.3 Å². The molecule has 1 aliphatic rings. The molecule has 3 N–H and O–H groups in total. The predicted molar refractivity (Wildman–Crippen MR) is 135 cm³/mol. The number of aliphatic carboxylic acids is 2. The zero-order valence-electron chi connectivity index (χ0n) is 22.4. The summed E-state index contributed by atoms with van der Waals surface area (Å²) in [5, 5.41) is 24.2. The van der Waals surface area contributed by atoms with E-state index in [1.807, 2.05) is 52.0 Å². The fourth-order valence-corrected chi connectivity index (χ4v) is 5.70. The number of hydrogen-bond donors (Lipinski definition) is 3. The average molecular weight is 489 g/mol. The van der Waals surface area contributed by atoms with Gasteiger partial charge in [-0.1, -0.05) is 57.5 Å². The van der Waals surface area contributed by atoms with E-state index in [1.54, 1.807) is 34.6 Å². The molecule has 1 amide bonds. The van der Waals surface area contributed by atoms with Crippen molar-refractivity contribution in [2.75, 3.05) is 6.54 Å². The van der Waals surface area contributed by atoms with Crippen LogP contribution in [0, 0.1) is 23.2 Å². The van der Waals surface area contributed by atoms with E-state index in [0.29, 0.717) is 11.3 Å². The minimum atomic E-state index is -1.60. The number of aryl methyl sites for hydroxylation is 1. The molecule has 1 aromatic rings. The van der Waals surface area contributed by atoms with Crippen molar-refractivity contribution in [3.05, 3.63) is 35.4 Å². The number of ether oxygens (including phenoxy) is 1. The van der Waals surface area contributed by atoms with E-state index in [9.17, 15) is 24.6 Å². The Morgan fingerprint density at radius 3 is 1.94 bits per heavy atom. The highest BCUT2D eigenvalue weighted by molar-refractivity contribution is 6.09. The minimum Gasteiger partial charge on any atom is -0.481 e. The summed E-state index contributed by atoms with van der Waals surface area (Å²) in [6, 6.07) is 6.45. The molecule has 0 fully saturated rings. The summed E-state index contributed by atoms with van der Waals surface area (Å²) in [6.45, 7) is 15.8. The number of nitrogens with one attached hydrogen (secondary N) is 1. The zero-order valence-corrected chi connectivity index (χ0v) is 22.4. The Morgan fingerprint density at radius 1 is 1.00 bits per heavy atom. The number of hydrogen-bond acceptors (Lipinski definition) is 5. The van der Waals surface area contributed by atoms with Crippen molar-refractivity contribution in [3.63, 3.8) is 0 Å². The molecule has 0 radical (unpaired) electrons. The number of carbonyl (C=O) groups is 3. The Morgan fingerprint density at radius 2 is 1.54 bits per heavy atom. The molecule has 1 aliphatic heterocycles. The van der Waals surface area contributed by atoms with Crippen LogP contribution >= 0.6 is 0 Å². The summed E-state index contributed by atoms with van der Waals surface area (Å²) in [4.78, 5) is 43.5. The molecule has 4 atom stereocenters. The SMILES string of the molecule is CCC1(C(=O)O)C(CNC(=O)OC(C)(C)C)N=C(C)C(C(=O)O)(C(C)(C)C)C1c1ccc(C)cc1. The van der Waals surface area contributed by atoms with Gasteiger partial charge in [0.05, 0.1) is 11.5 Å². The molecule has 8 nitrogen and oxygen atoms in total. The van der Waals surface area contributed by atoms with Crippen LogP contribution in [0.5, 0.6) is 0 Å². The maximum absolute atomic E-state index is 13.2. The average Bonchev–Trinajstić information content (AvgIpc) is 2.69. The van der Waals surface area contributed by atoms with Crippen LogP contribution in [0.1, 0.15) is 78.9 Å². The van der Waals surface area contributed by atoms with Crippen molar-refractivity contribution in [1.29, 1.82) is 0 Å². The van der Waals surface area contributed by atoms with Crippen molar-refractivity contribution in [2.45, 2.75) is 86.3 Å². The number of nitrogens with zero attached hydrogens (tertiary/aromatic N) is 1. The summed E-state index contributed by atoms with van der Waals surface area (Å²) >= 11 is 0. The quantitative estimate of drug-likeness (QED) is 0.515. The normalized spacial score (nSPS) is 27.1. The van der Waals surface area contributed by atoms with Crippen LogP contribution < -0.4 is 5.32 Å². The van der Waals surface area contributed by atoms with E-state index in [2.05, 4.69) is 5.32 Å². The third-order valence-corrected chi connectivity index (χ3v) is 7.22. The van der Waals surface area contributed by atoms with Gasteiger partial charge in [0, 0.05) is 18.2 Å². The third-order valence-electron chi connectivity index (χ3n) is 7.22. The van der Waals surface area contributed by atoms with E-state index in [-0.39, 0.29) is 13.0 Å². The Labute approximate surface area is 208 Å². The monoisotopic (exact) mass is 488 g/mol. The number of amides is 1. The van der Waals surface area contributed by atoms with Crippen LogP contribution in [0.2, 0.25) is 0 Å². The molecule has 0 aliphatic carbocycles. The molecule has 35 heavy (non-hydrogen) atoms. The number of benzene rings is 1. The molecule has 194 valence electrons. The highest BCUT2D eigenvalue weighted by Crippen LogP contribution is 2.62. The lowest BCUT2D eigenvalue weighted by molar-refractivity contribution is -0.166. The molecule has 0 saturated carbocycles. The Bertz CT molecular complexity index is 1000. The number of alkyl carbamates (subject to hydrolysis) is 1. The van der Waals surface area contributed by atoms with Gasteiger partial charge in [0.15, 0.2) is 0 Å². The predicted octanol–water partition coefficient (Wildman–Crippen LogP) is 5.04. The Balaban J connectivity index is 2.84. The van der Waals surface area contributed by atoms with E-state index < -0.39 is 51.8 Å². The first kappa shape index (κ1) is 28.3. The highest BCUT2D eigenvalue weighted by Gasteiger charge is 2.69. The molecule has 8 heteroatoms. The van der Waals surface area contributed by atoms with E-state index in [0.717, 1.165) is 5.56 Å². The number of carboxylic acids is 2. The standard InChI is InChI=1S/C27H40N2O6/c1-10-26(21(30)31)19(15-28-23(34)35-25(7,8)9)29-17(3)27(22(32)33,24(4,5)6)20(26)18-13-11-16(2)12-14-18/h11-14,19-20H,10,15H2,1-9H3,(H,28,34)(H,30,31)(H,32,33). The van der Waals surface area contributed by atoms with Gasteiger partial charge in [0.2, 0.25) is 0 Å². The lowest BCUT2D eigenvalue weighted by Crippen LogP contribution is -2.65. The summed E-state index contributed by atoms with van der Waals surface area (Å²) in [6.07, 6.45) is -0.567. The number of carboxylic acid groups (broad SMARTS) is 2. The van der Waals surface area contributed by atoms with Crippen LogP contribution in [0.3, 0.4) is 0 Å². The fraction of sp³-hybridized carbons (Fsp3) is 0.630. The van der Waals surface area contributed by atoms with Gasteiger partial charge in [0.25, 0.3) is 0 Å². The van der Waals surface area contributed by atoms with Crippen LogP contribution in [0.4, 0.5) is 4.79 Å². The van der Waals surface area contributed by atoms with Crippen molar-refractivity contribution in [2.24, 2.45) is 21.2 Å². The van der Waals surface area contributed by atoms with Gasteiger partial charge in [0.1, 0.15) is 11.0 Å². The van der Waals surface area contributed by atoms with E-state index in [1.165, 1.54) is 0 Å². The Kier molecular flexibility index (Phi) is 7.79. The first-order chi connectivity index (χ1) is 15.9.